The van der Waals surface area contributed by atoms with Crippen LogP contribution >= 0.6 is 0 Å². The van der Waals surface area contributed by atoms with Gasteiger partial charge in [0.2, 0.25) is 0 Å². The van der Waals surface area contributed by atoms with Gasteiger partial charge in [-0.1, -0.05) is 32.1 Å². The molecule has 0 bridgehead atoms. The summed E-state index contributed by atoms with van der Waals surface area (Å²) in [5, 5.41) is 3.53. The number of nitrogens with one attached hydrogen (secondary N) is 1. The van der Waals surface area contributed by atoms with Crippen LogP contribution in [0.5, 0.6) is 0 Å². The smallest absolute Gasteiger partial charge is 0.0688 e. The van der Waals surface area contributed by atoms with Crippen molar-refractivity contribution in [1.82, 2.24) is 5.32 Å². The van der Waals surface area contributed by atoms with E-state index in [-0.39, 0.29) is 0 Å². The molecule has 0 aromatic rings. The summed E-state index contributed by atoms with van der Waals surface area (Å²) in [6.45, 7) is 2.18. The van der Waals surface area contributed by atoms with E-state index in [1.54, 1.807) is 0 Å². The lowest BCUT2D eigenvalue weighted by Crippen LogP contribution is -2.35. The summed E-state index contributed by atoms with van der Waals surface area (Å²) in [5.74, 6) is 2.82. The molecule has 12 heavy (non-hydrogen) atoms. The molecular weight excluding hydrogens is 146 g/mol. The molecule has 1 atom stereocenters. The summed E-state index contributed by atoms with van der Waals surface area (Å²) >= 11 is 0. The molecule has 0 spiro atoms. The zero-order valence-electron chi connectivity index (χ0n) is 7.97. The van der Waals surface area contributed by atoms with Crippen molar-refractivity contribution in [2.75, 3.05) is 0 Å². The molecule has 0 aromatic carbocycles. The molecule has 0 heterocycles. The van der Waals surface area contributed by atoms with Crippen LogP contribution in [0.2, 0.25) is 0 Å². The highest BCUT2D eigenvalue weighted by molar-refractivity contribution is 5.00. The van der Waals surface area contributed by atoms with Gasteiger partial charge in [0.1, 0.15) is 0 Å². The van der Waals surface area contributed by atoms with Gasteiger partial charge >= 0.3 is 0 Å². The molecule has 1 N–H and O–H groups in total. The first-order valence-electron chi connectivity index (χ1n) is 5.09. The van der Waals surface area contributed by atoms with E-state index in [1.807, 2.05) is 0 Å². The molecule has 1 aliphatic carbocycles. The van der Waals surface area contributed by atoms with Crippen molar-refractivity contribution in [3.05, 3.63) is 0 Å². The van der Waals surface area contributed by atoms with Crippen LogP contribution in [0.3, 0.4) is 0 Å². The lowest BCUT2D eigenvalue weighted by Gasteiger charge is -2.17. The Morgan fingerprint density at radius 2 is 2.17 bits per heavy atom. The molecule has 1 nitrogen and oxygen atoms in total. The second-order valence-corrected chi connectivity index (χ2v) is 3.66. The molecule has 68 valence electrons. The van der Waals surface area contributed by atoms with E-state index >= 15 is 0 Å². The SMILES string of the molecule is C#CC(CCC)NC1CCCC1. The van der Waals surface area contributed by atoms with Gasteiger partial charge in [-0.25, -0.2) is 0 Å². The summed E-state index contributed by atoms with van der Waals surface area (Å²) in [7, 11) is 0. The monoisotopic (exact) mass is 165 g/mol. The van der Waals surface area contributed by atoms with Gasteiger partial charge in [0, 0.05) is 6.04 Å². The molecule has 1 fully saturated rings. The fourth-order valence-electron chi connectivity index (χ4n) is 1.88. The molecule has 1 aliphatic rings. The molecule has 1 heteroatoms. The van der Waals surface area contributed by atoms with Crippen LogP contribution in [-0.2, 0) is 0 Å². The van der Waals surface area contributed by atoms with Gasteiger partial charge in [-0.05, 0) is 19.3 Å². The van der Waals surface area contributed by atoms with Crippen molar-refractivity contribution in [2.45, 2.75) is 57.5 Å². The standard InChI is InChI=1S/C11H19N/c1-3-7-10(4-2)12-11-8-5-6-9-11/h2,10-12H,3,5-9H2,1H3. The first-order valence-corrected chi connectivity index (χ1v) is 5.09. The molecule has 0 radical (unpaired) electrons. The highest BCUT2D eigenvalue weighted by Crippen LogP contribution is 2.18. The Labute approximate surface area is 75.9 Å². The van der Waals surface area contributed by atoms with Crippen LogP contribution in [0, 0.1) is 12.3 Å². The van der Waals surface area contributed by atoms with Crippen LogP contribution in [0.1, 0.15) is 45.4 Å². The summed E-state index contributed by atoms with van der Waals surface area (Å²) < 4.78 is 0. The van der Waals surface area contributed by atoms with E-state index in [9.17, 15) is 0 Å². The van der Waals surface area contributed by atoms with Crippen LogP contribution in [0.25, 0.3) is 0 Å². The van der Waals surface area contributed by atoms with E-state index < -0.39 is 0 Å². The summed E-state index contributed by atoms with van der Waals surface area (Å²) in [6, 6.07) is 1.02. The van der Waals surface area contributed by atoms with E-state index in [4.69, 9.17) is 6.42 Å². The summed E-state index contributed by atoms with van der Waals surface area (Å²) in [5.41, 5.74) is 0. The Bertz CT molecular complexity index is 151. The molecule has 0 aromatic heterocycles. The van der Waals surface area contributed by atoms with Crippen molar-refractivity contribution in [1.29, 1.82) is 0 Å². The molecular formula is C11H19N. The van der Waals surface area contributed by atoms with Crippen LogP contribution < -0.4 is 5.32 Å². The summed E-state index contributed by atoms with van der Waals surface area (Å²) in [6.07, 6.45) is 13.1. The van der Waals surface area contributed by atoms with E-state index in [0.717, 1.165) is 6.42 Å². The minimum absolute atomic E-state index is 0.318. The Morgan fingerprint density at radius 3 is 2.67 bits per heavy atom. The van der Waals surface area contributed by atoms with Crippen molar-refractivity contribution in [3.8, 4) is 12.3 Å². The van der Waals surface area contributed by atoms with Gasteiger partial charge in [-0.15, -0.1) is 6.42 Å². The van der Waals surface area contributed by atoms with Gasteiger partial charge in [0.25, 0.3) is 0 Å². The predicted octanol–water partition coefficient (Wildman–Crippen LogP) is 2.32. The average molecular weight is 165 g/mol. The molecule has 0 saturated heterocycles. The fourth-order valence-corrected chi connectivity index (χ4v) is 1.88. The van der Waals surface area contributed by atoms with Gasteiger partial charge in [-0.3, -0.25) is 0 Å². The third-order valence-corrected chi connectivity index (χ3v) is 2.57. The maximum atomic E-state index is 5.42. The number of terminal acetylenes is 1. The van der Waals surface area contributed by atoms with Crippen LogP contribution in [-0.4, -0.2) is 12.1 Å². The van der Waals surface area contributed by atoms with Crippen molar-refractivity contribution in [3.63, 3.8) is 0 Å². The third-order valence-electron chi connectivity index (χ3n) is 2.57. The lowest BCUT2D eigenvalue weighted by atomic mass is 10.1. The second-order valence-electron chi connectivity index (χ2n) is 3.66. The van der Waals surface area contributed by atoms with Crippen molar-refractivity contribution >= 4 is 0 Å². The highest BCUT2D eigenvalue weighted by Gasteiger charge is 2.16. The van der Waals surface area contributed by atoms with Gasteiger partial charge in [-0.2, -0.15) is 0 Å². The first kappa shape index (κ1) is 9.61. The van der Waals surface area contributed by atoms with E-state index in [2.05, 4.69) is 18.2 Å². The van der Waals surface area contributed by atoms with Crippen LogP contribution in [0.15, 0.2) is 0 Å². The minimum Gasteiger partial charge on any atom is -0.301 e. The molecule has 1 rings (SSSR count). The van der Waals surface area contributed by atoms with Crippen molar-refractivity contribution < 1.29 is 0 Å². The second kappa shape index (κ2) is 5.22. The van der Waals surface area contributed by atoms with Gasteiger partial charge in [0.15, 0.2) is 0 Å². The largest absolute Gasteiger partial charge is 0.301 e. The number of hydrogen-bond acceptors (Lipinski definition) is 1. The Morgan fingerprint density at radius 1 is 1.50 bits per heavy atom. The van der Waals surface area contributed by atoms with Crippen LogP contribution in [0.4, 0.5) is 0 Å². The average Bonchev–Trinajstić information content (AvgIpc) is 2.56. The number of hydrogen-bond donors (Lipinski definition) is 1. The normalized spacial score (nSPS) is 20.7. The van der Waals surface area contributed by atoms with E-state index in [1.165, 1.54) is 32.1 Å². The number of rotatable bonds is 4. The Kier molecular flexibility index (Phi) is 4.18. The molecule has 0 aliphatic heterocycles. The summed E-state index contributed by atoms with van der Waals surface area (Å²) in [4.78, 5) is 0. The van der Waals surface area contributed by atoms with Crippen molar-refractivity contribution in [2.24, 2.45) is 0 Å². The quantitative estimate of drug-likeness (QED) is 0.630. The maximum absolute atomic E-state index is 5.42. The molecule has 1 saturated carbocycles. The lowest BCUT2D eigenvalue weighted by molar-refractivity contribution is 0.464. The zero-order chi connectivity index (χ0) is 8.81. The Balaban J connectivity index is 2.22. The molecule has 0 amide bonds. The first-order chi connectivity index (χ1) is 5.86. The fraction of sp³-hybridized carbons (Fsp3) is 0.818. The third kappa shape index (κ3) is 2.87. The maximum Gasteiger partial charge on any atom is 0.0688 e. The topological polar surface area (TPSA) is 12.0 Å². The molecule has 1 unspecified atom stereocenters. The predicted molar refractivity (Wildman–Crippen MR) is 52.9 cm³/mol. The van der Waals surface area contributed by atoms with Gasteiger partial charge in [0.05, 0.1) is 6.04 Å². The minimum atomic E-state index is 0.318. The zero-order valence-corrected chi connectivity index (χ0v) is 7.97. The van der Waals surface area contributed by atoms with E-state index in [0.29, 0.717) is 12.1 Å². The van der Waals surface area contributed by atoms with Gasteiger partial charge < -0.3 is 5.32 Å². The highest BCUT2D eigenvalue weighted by atomic mass is 14.9. The Hall–Kier alpha value is -0.480.